The standard InChI is InChI=1S/C15H13ClN2O/c1-11(13-4-8-15(18-19)9-5-13)17-10-12-2-6-14(16)7-3-12/h2-9,17H,1,10H2. The molecule has 0 saturated heterocycles. The Labute approximate surface area is 116 Å². The molecule has 0 aliphatic carbocycles. The summed E-state index contributed by atoms with van der Waals surface area (Å²) in [7, 11) is 0. The maximum Gasteiger partial charge on any atom is 0.108 e. The molecule has 2 rings (SSSR count). The van der Waals surface area contributed by atoms with Crippen LogP contribution in [0.15, 0.2) is 60.3 Å². The molecule has 0 aromatic heterocycles. The van der Waals surface area contributed by atoms with Crippen LogP contribution in [0.5, 0.6) is 0 Å². The monoisotopic (exact) mass is 272 g/mol. The van der Waals surface area contributed by atoms with Gasteiger partial charge >= 0.3 is 0 Å². The number of hydrogen-bond acceptors (Lipinski definition) is 3. The van der Waals surface area contributed by atoms with E-state index in [-0.39, 0.29) is 0 Å². The zero-order chi connectivity index (χ0) is 13.7. The molecule has 0 aliphatic rings. The number of rotatable bonds is 5. The molecule has 0 amide bonds. The van der Waals surface area contributed by atoms with E-state index < -0.39 is 0 Å². The highest BCUT2D eigenvalue weighted by molar-refractivity contribution is 6.30. The second-order valence-corrected chi connectivity index (χ2v) is 4.53. The molecule has 1 N–H and O–H groups in total. The molecule has 96 valence electrons. The number of nitrogens with zero attached hydrogens (tertiary/aromatic N) is 1. The number of nitroso groups, excluding NO2 is 1. The van der Waals surface area contributed by atoms with E-state index in [0.717, 1.165) is 21.8 Å². The first kappa shape index (κ1) is 13.3. The van der Waals surface area contributed by atoms with Gasteiger partial charge in [-0.2, -0.15) is 0 Å². The van der Waals surface area contributed by atoms with Crippen molar-refractivity contribution in [2.24, 2.45) is 5.18 Å². The normalized spacial score (nSPS) is 9.95. The van der Waals surface area contributed by atoms with Crippen LogP contribution in [0.4, 0.5) is 5.69 Å². The Hall–Kier alpha value is -2.13. The zero-order valence-corrected chi connectivity index (χ0v) is 11.0. The minimum absolute atomic E-state index is 0.411. The maximum atomic E-state index is 10.3. The molecule has 0 saturated carbocycles. The van der Waals surface area contributed by atoms with Gasteiger partial charge < -0.3 is 5.32 Å². The van der Waals surface area contributed by atoms with Crippen LogP contribution >= 0.6 is 11.6 Å². The largest absolute Gasteiger partial charge is 0.381 e. The molecular formula is C15H13ClN2O. The topological polar surface area (TPSA) is 41.5 Å². The van der Waals surface area contributed by atoms with E-state index in [1.54, 1.807) is 12.1 Å². The lowest BCUT2D eigenvalue weighted by Crippen LogP contribution is -2.10. The molecule has 0 heterocycles. The lowest BCUT2D eigenvalue weighted by molar-refractivity contribution is 0.892. The minimum Gasteiger partial charge on any atom is -0.381 e. The second kappa shape index (κ2) is 6.16. The first-order valence-corrected chi connectivity index (χ1v) is 6.18. The van der Waals surface area contributed by atoms with Crippen LogP contribution in [-0.2, 0) is 6.54 Å². The average molecular weight is 273 g/mol. The highest BCUT2D eigenvalue weighted by Crippen LogP contribution is 2.17. The molecule has 0 bridgehead atoms. The van der Waals surface area contributed by atoms with Gasteiger partial charge in [0.05, 0.1) is 0 Å². The number of benzene rings is 2. The molecule has 0 spiro atoms. The lowest BCUT2D eigenvalue weighted by atomic mass is 10.1. The van der Waals surface area contributed by atoms with Gasteiger partial charge in [-0.05, 0) is 40.6 Å². The summed E-state index contributed by atoms with van der Waals surface area (Å²) < 4.78 is 0. The van der Waals surface area contributed by atoms with E-state index in [9.17, 15) is 4.91 Å². The molecule has 0 atom stereocenters. The first-order chi connectivity index (χ1) is 9.19. The van der Waals surface area contributed by atoms with Crippen molar-refractivity contribution < 1.29 is 0 Å². The van der Waals surface area contributed by atoms with Crippen LogP contribution in [0.1, 0.15) is 11.1 Å². The van der Waals surface area contributed by atoms with Gasteiger partial charge in [-0.25, -0.2) is 0 Å². The van der Waals surface area contributed by atoms with Gasteiger partial charge in [0.1, 0.15) is 5.69 Å². The molecule has 3 nitrogen and oxygen atoms in total. The van der Waals surface area contributed by atoms with Crippen LogP contribution in [0.2, 0.25) is 5.02 Å². The third-order valence-corrected chi connectivity index (χ3v) is 2.99. The minimum atomic E-state index is 0.411. The van der Waals surface area contributed by atoms with E-state index in [4.69, 9.17) is 11.6 Å². The fourth-order valence-electron chi connectivity index (χ4n) is 1.64. The number of nitrogens with one attached hydrogen (secondary N) is 1. The second-order valence-electron chi connectivity index (χ2n) is 4.10. The van der Waals surface area contributed by atoms with Crippen LogP contribution in [0.25, 0.3) is 5.70 Å². The Bertz CT molecular complexity index is 576. The summed E-state index contributed by atoms with van der Waals surface area (Å²) in [4.78, 5) is 10.3. The summed E-state index contributed by atoms with van der Waals surface area (Å²) in [6.45, 7) is 4.64. The SMILES string of the molecule is C=C(NCc1ccc(Cl)cc1)c1ccc(N=O)cc1. The van der Waals surface area contributed by atoms with Crippen molar-refractivity contribution in [1.29, 1.82) is 0 Å². The highest BCUT2D eigenvalue weighted by atomic mass is 35.5. The summed E-state index contributed by atoms with van der Waals surface area (Å²) in [5.41, 5.74) is 3.26. The van der Waals surface area contributed by atoms with Crippen molar-refractivity contribution in [3.63, 3.8) is 0 Å². The number of halogens is 1. The van der Waals surface area contributed by atoms with E-state index in [0.29, 0.717) is 12.2 Å². The summed E-state index contributed by atoms with van der Waals surface area (Å²) in [6, 6.07) is 14.6. The van der Waals surface area contributed by atoms with Gasteiger partial charge in [0.15, 0.2) is 0 Å². The van der Waals surface area contributed by atoms with Gasteiger partial charge in [-0.1, -0.05) is 42.4 Å². The first-order valence-electron chi connectivity index (χ1n) is 5.80. The summed E-state index contributed by atoms with van der Waals surface area (Å²) in [6.07, 6.45) is 0. The molecule has 4 heteroatoms. The summed E-state index contributed by atoms with van der Waals surface area (Å²) in [5, 5.41) is 6.81. The smallest absolute Gasteiger partial charge is 0.108 e. The predicted octanol–water partition coefficient (Wildman–Crippen LogP) is 4.50. The van der Waals surface area contributed by atoms with E-state index in [1.807, 2.05) is 36.4 Å². The Morgan fingerprint density at radius 1 is 1.11 bits per heavy atom. The molecule has 2 aromatic rings. The zero-order valence-electron chi connectivity index (χ0n) is 10.3. The fourth-order valence-corrected chi connectivity index (χ4v) is 1.76. The van der Waals surface area contributed by atoms with E-state index >= 15 is 0 Å². The number of hydrogen-bond donors (Lipinski definition) is 1. The van der Waals surface area contributed by atoms with Crippen LogP contribution in [-0.4, -0.2) is 0 Å². The third-order valence-electron chi connectivity index (χ3n) is 2.74. The van der Waals surface area contributed by atoms with Gasteiger partial charge in [0, 0.05) is 17.3 Å². The quantitative estimate of drug-likeness (QED) is 0.814. The van der Waals surface area contributed by atoms with Crippen molar-refractivity contribution >= 4 is 23.0 Å². The van der Waals surface area contributed by atoms with Gasteiger partial charge in [0.25, 0.3) is 0 Å². The van der Waals surface area contributed by atoms with Crippen molar-refractivity contribution in [3.05, 3.63) is 76.2 Å². The Kier molecular flexibility index (Phi) is 4.31. The molecule has 0 radical (unpaired) electrons. The fraction of sp³-hybridized carbons (Fsp3) is 0.0667. The van der Waals surface area contributed by atoms with E-state index in [1.165, 1.54) is 0 Å². The summed E-state index contributed by atoms with van der Waals surface area (Å²) in [5.74, 6) is 0. The van der Waals surface area contributed by atoms with Crippen molar-refractivity contribution in [1.82, 2.24) is 5.32 Å². The Morgan fingerprint density at radius 2 is 1.74 bits per heavy atom. The van der Waals surface area contributed by atoms with Crippen molar-refractivity contribution in [2.75, 3.05) is 0 Å². The molecule has 0 aliphatic heterocycles. The van der Waals surface area contributed by atoms with Crippen LogP contribution in [0, 0.1) is 4.91 Å². The van der Waals surface area contributed by atoms with Crippen LogP contribution in [0.3, 0.4) is 0 Å². The highest BCUT2D eigenvalue weighted by Gasteiger charge is 2.00. The van der Waals surface area contributed by atoms with Gasteiger partial charge in [-0.3, -0.25) is 0 Å². The molecule has 2 aromatic carbocycles. The van der Waals surface area contributed by atoms with E-state index in [2.05, 4.69) is 17.1 Å². The molecule has 19 heavy (non-hydrogen) atoms. The molecular weight excluding hydrogens is 260 g/mol. The van der Waals surface area contributed by atoms with Crippen LogP contribution < -0.4 is 5.32 Å². The average Bonchev–Trinajstić information content (AvgIpc) is 2.46. The maximum absolute atomic E-state index is 10.3. The van der Waals surface area contributed by atoms with Gasteiger partial charge in [0.2, 0.25) is 0 Å². The third kappa shape index (κ3) is 3.66. The summed E-state index contributed by atoms with van der Waals surface area (Å²) >= 11 is 5.83. The molecule has 0 fully saturated rings. The molecule has 0 unspecified atom stereocenters. The lowest BCUT2D eigenvalue weighted by Gasteiger charge is -2.10. The Balaban J connectivity index is 1.96. The Morgan fingerprint density at radius 3 is 2.32 bits per heavy atom. The van der Waals surface area contributed by atoms with Gasteiger partial charge in [-0.15, -0.1) is 4.91 Å². The van der Waals surface area contributed by atoms with Crippen molar-refractivity contribution in [3.8, 4) is 0 Å². The predicted molar refractivity (Wildman–Crippen MR) is 79.2 cm³/mol. The van der Waals surface area contributed by atoms with Crippen molar-refractivity contribution in [2.45, 2.75) is 6.54 Å².